The van der Waals surface area contributed by atoms with Crippen LogP contribution in [-0.4, -0.2) is 62.8 Å². The van der Waals surface area contributed by atoms with Crippen LogP contribution in [0.1, 0.15) is 24.8 Å². The van der Waals surface area contributed by atoms with Gasteiger partial charge in [-0.2, -0.15) is 0 Å². The van der Waals surface area contributed by atoms with E-state index in [4.69, 9.17) is 4.74 Å². The first-order valence-corrected chi connectivity index (χ1v) is 8.98. The number of aliphatic imine (C=N–C) groups is 1. The van der Waals surface area contributed by atoms with Crippen molar-refractivity contribution in [2.45, 2.75) is 25.3 Å². The first-order valence-electron chi connectivity index (χ1n) is 8.98. The van der Waals surface area contributed by atoms with Gasteiger partial charge in [0.2, 0.25) is 0 Å². The number of halogens is 2. The molecular weight excluding hydrogens is 326 g/mol. The van der Waals surface area contributed by atoms with Crippen molar-refractivity contribution in [2.24, 2.45) is 4.99 Å². The lowest BCUT2D eigenvalue weighted by Gasteiger charge is -2.25. The average molecular weight is 352 g/mol. The minimum absolute atomic E-state index is 0.0209. The molecule has 2 fully saturated rings. The molecule has 0 bridgehead atoms. The standard InChI is InChI=1S/C18H26F2N4O/c1-2-21-18(22-6-7-24-8-10-25-11-9-24)23-16-12-13(16)17-14(19)4-3-5-15(17)20/h3-5,13,16H,2,6-12H2,1H3,(H2,21,22,23). The van der Waals surface area contributed by atoms with Crippen LogP contribution in [0.4, 0.5) is 8.78 Å². The molecule has 0 radical (unpaired) electrons. The van der Waals surface area contributed by atoms with E-state index >= 15 is 0 Å². The lowest BCUT2D eigenvalue weighted by molar-refractivity contribution is 0.0394. The van der Waals surface area contributed by atoms with Crippen molar-refractivity contribution < 1.29 is 13.5 Å². The van der Waals surface area contributed by atoms with Gasteiger partial charge < -0.3 is 15.4 Å². The number of morpholine rings is 1. The Morgan fingerprint density at radius 3 is 2.68 bits per heavy atom. The lowest BCUT2D eigenvalue weighted by Crippen LogP contribution is -2.41. The third-order valence-electron chi connectivity index (χ3n) is 4.62. The molecule has 1 aliphatic heterocycles. The molecule has 2 atom stereocenters. The summed E-state index contributed by atoms with van der Waals surface area (Å²) in [5, 5.41) is 6.50. The van der Waals surface area contributed by atoms with E-state index in [1.54, 1.807) is 0 Å². The molecule has 138 valence electrons. The van der Waals surface area contributed by atoms with Gasteiger partial charge in [0.1, 0.15) is 11.6 Å². The first kappa shape index (κ1) is 18.1. The smallest absolute Gasteiger partial charge is 0.191 e. The molecule has 1 aromatic rings. The summed E-state index contributed by atoms with van der Waals surface area (Å²) >= 11 is 0. The van der Waals surface area contributed by atoms with Gasteiger partial charge in [-0.05, 0) is 25.5 Å². The zero-order chi connectivity index (χ0) is 17.6. The summed E-state index contributed by atoms with van der Waals surface area (Å²) in [6, 6.07) is 4.05. The van der Waals surface area contributed by atoms with E-state index in [0.29, 0.717) is 18.9 Å². The number of guanidine groups is 1. The number of nitrogens with one attached hydrogen (secondary N) is 2. The van der Waals surface area contributed by atoms with Gasteiger partial charge in [-0.3, -0.25) is 9.89 Å². The van der Waals surface area contributed by atoms with Crippen molar-refractivity contribution in [2.75, 3.05) is 45.9 Å². The fourth-order valence-corrected chi connectivity index (χ4v) is 3.16. The number of hydrogen-bond donors (Lipinski definition) is 2. The molecule has 25 heavy (non-hydrogen) atoms. The summed E-state index contributed by atoms with van der Waals surface area (Å²) in [7, 11) is 0. The van der Waals surface area contributed by atoms with E-state index in [9.17, 15) is 8.78 Å². The monoisotopic (exact) mass is 352 g/mol. The molecule has 2 unspecified atom stereocenters. The summed E-state index contributed by atoms with van der Waals surface area (Å²) in [5.74, 6) is -0.364. The highest BCUT2D eigenvalue weighted by molar-refractivity contribution is 5.80. The fraction of sp³-hybridized carbons (Fsp3) is 0.611. The van der Waals surface area contributed by atoms with Gasteiger partial charge in [0, 0.05) is 43.7 Å². The second kappa shape index (κ2) is 8.58. The molecule has 3 rings (SSSR count). The SMILES string of the molecule is CCNC(=NCCN1CCOCC1)NC1CC1c1c(F)cccc1F. The van der Waals surface area contributed by atoms with Crippen LogP contribution in [0.3, 0.4) is 0 Å². The van der Waals surface area contributed by atoms with E-state index in [1.165, 1.54) is 18.2 Å². The van der Waals surface area contributed by atoms with Crippen molar-refractivity contribution in [3.05, 3.63) is 35.4 Å². The van der Waals surface area contributed by atoms with Crippen molar-refractivity contribution >= 4 is 5.96 Å². The number of ether oxygens (including phenoxy) is 1. The van der Waals surface area contributed by atoms with E-state index in [2.05, 4.69) is 20.5 Å². The quantitative estimate of drug-likeness (QED) is 0.605. The van der Waals surface area contributed by atoms with Crippen molar-refractivity contribution in [1.82, 2.24) is 15.5 Å². The second-order valence-corrected chi connectivity index (χ2v) is 6.44. The van der Waals surface area contributed by atoms with Crippen LogP contribution in [0.5, 0.6) is 0 Å². The lowest BCUT2D eigenvalue weighted by atomic mass is 10.1. The highest BCUT2D eigenvalue weighted by Crippen LogP contribution is 2.42. The van der Waals surface area contributed by atoms with Crippen LogP contribution in [0.25, 0.3) is 0 Å². The third kappa shape index (κ3) is 4.89. The maximum atomic E-state index is 13.9. The van der Waals surface area contributed by atoms with Crippen LogP contribution < -0.4 is 10.6 Å². The fourth-order valence-electron chi connectivity index (χ4n) is 3.16. The Morgan fingerprint density at radius 2 is 2.00 bits per heavy atom. The molecule has 2 N–H and O–H groups in total. The molecule has 0 amide bonds. The van der Waals surface area contributed by atoms with E-state index in [0.717, 1.165) is 39.4 Å². The third-order valence-corrected chi connectivity index (χ3v) is 4.62. The number of nitrogens with zero attached hydrogens (tertiary/aromatic N) is 2. The highest BCUT2D eigenvalue weighted by Gasteiger charge is 2.42. The second-order valence-electron chi connectivity index (χ2n) is 6.44. The average Bonchev–Trinajstić information content (AvgIpc) is 3.34. The summed E-state index contributed by atoms with van der Waals surface area (Å²) in [6.07, 6.45) is 0.714. The van der Waals surface area contributed by atoms with Crippen LogP contribution >= 0.6 is 0 Å². The minimum Gasteiger partial charge on any atom is -0.379 e. The highest BCUT2D eigenvalue weighted by atomic mass is 19.1. The van der Waals surface area contributed by atoms with Crippen molar-refractivity contribution in [1.29, 1.82) is 0 Å². The van der Waals surface area contributed by atoms with E-state index < -0.39 is 11.6 Å². The normalized spacial score (nSPS) is 24.2. The van der Waals surface area contributed by atoms with Gasteiger partial charge in [0.15, 0.2) is 5.96 Å². The predicted octanol–water partition coefficient (Wildman–Crippen LogP) is 1.71. The topological polar surface area (TPSA) is 48.9 Å². The van der Waals surface area contributed by atoms with E-state index in [-0.39, 0.29) is 17.5 Å². The number of rotatable bonds is 6. The Kier molecular flexibility index (Phi) is 6.20. The molecule has 2 aliphatic rings. The Hall–Kier alpha value is -1.73. The van der Waals surface area contributed by atoms with Gasteiger partial charge in [0.25, 0.3) is 0 Å². The largest absolute Gasteiger partial charge is 0.379 e. The molecule has 0 aromatic heterocycles. The predicted molar refractivity (Wildman–Crippen MR) is 93.9 cm³/mol. The van der Waals surface area contributed by atoms with Crippen molar-refractivity contribution in [3.63, 3.8) is 0 Å². The van der Waals surface area contributed by atoms with Gasteiger partial charge in [0.05, 0.1) is 19.8 Å². The zero-order valence-electron chi connectivity index (χ0n) is 14.6. The molecule has 5 nitrogen and oxygen atoms in total. The zero-order valence-corrected chi connectivity index (χ0v) is 14.6. The van der Waals surface area contributed by atoms with Crippen LogP contribution in [-0.2, 0) is 4.74 Å². The Morgan fingerprint density at radius 1 is 1.28 bits per heavy atom. The summed E-state index contributed by atoms with van der Waals surface area (Å²) in [6.45, 7) is 7.75. The maximum absolute atomic E-state index is 13.9. The van der Waals surface area contributed by atoms with Gasteiger partial charge in [-0.15, -0.1) is 0 Å². The number of hydrogen-bond acceptors (Lipinski definition) is 3. The molecule has 1 aliphatic carbocycles. The van der Waals surface area contributed by atoms with Gasteiger partial charge in [-0.1, -0.05) is 6.07 Å². The van der Waals surface area contributed by atoms with Crippen LogP contribution in [0.2, 0.25) is 0 Å². The molecule has 1 saturated carbocycles. The molecule has 1 aromatic carbocycles. The van der Waals surface area contributed by atoms with Gasteiger partial charge in [-0.25, -0.2) is 8.78 Å². The van der Waals surface area contributed by atoms with Gasteiger partial charge >= 0.3 is 0 Å². The summed E-state index contributed by atoms with van der Waals surface area (Å²) in [4.78, 5) is 6.91. The van der Waals surface area contributed by atoms with E-state index in [1.807, 2.05) is 6.92 Å². The van der Waals surface area contributed by atoms with Crippen LogP contribution in [0.15, 0.2) is 23.2 Å². The van der Waals surface area contributed by atoms with Crippen LogP contribution in [0, 0.1) is 11.6 Å². The minimum atomic E-state index is -0.469. The Balaban J connectivity index is 1.53. The Bertz CT molecular complexity index is 584. The molecule has 7 heteroatoms. The van der Waals surface area contributed by atoms with Crippen molar-refractivity contribution in [3.8, 4) is 0 Å². The molecular formula is C18H26F2N4O. The maximum Gasteiger partial charge on any atom is 0.191 e. The summed E-state index contributed by atoms with van der Waals surface area (Å²) in [5.41, 5.74) is 0.184. The summed E-state index contributed by atoms with van der Waals surface area (Å²) < 4.78 is 33.1. The molecule has 1 heterocycles. The Labute approximate surface area is 147 Å². The number of benzene rings is 1. The first-order chi connectivity index (χ1) is 12.2. The molecule has 1 saturated heterocycles. The molecule has 0 spiro atoms.